The molecule has 2 N–H and O–H groups in total. The molecule has 1 aliphatic rings. The van der Waals surface area contributed by atoms with Crippen LogP contribution in [0.15, 0.2) is 42.5 Å². The fourth-order valence-electron chi connectivity index (χ4n) is 2.34. The van der Waals surface area contributed by atoms with Crippen LogP contribution in [0.3, 0.4) is 0 Å². The molecule has 0 fully saturated rings. The van der Waals surface area contributed by atoms with Crippen LogP contribution in [0.25, 0.3) is 0 Å². The van der Waals surface area contributed by atoms with Crippen LogP contribution < -0.4 is 10.6 Å². The van der Waals surface area contributed by atoms with Gasteiger partial charge in [0.25, 0.3) is 0 Å². The van der Waals surface area contributed by atoms with Gasteiger partial charge in [-0.3, -0.25) is 0 Å². The van der Waals surface area contributed by atoms with Gasteiger partial charge in [0.2, 0.25) is 0 Å². The zero-order chi connectivity index (χ0) is 11.8. The lowest BCUT2D eigenvalue weighted by Crippen LogP contribution is -2.15. The third-order valence-corrected chi connectivity index (χ3v) is 3.17. The van der Waals surface area contributed by atoms with Crippen molar-refractivity contribution in [1.82, 2.24) is 0 Å². The highest BCUT2D eigenvalue weighted by atomic mass is 19.1. The molecule has 0 radical (unpaired) electrons. The van der Waals surface area contributed by atoms with Crippen LogP contribution in [-0.2, 0) is 6.42 Å². The zero-order valence-corrected chi connectivity index (χ0v) is 9.36. The Morgan fingerprint density at radius 1 is 1.06 bits per heavy atom. The van der Waals surface area contributed by atoms with Crippen molar-refractivity contribution in [2.45, 2.75) is 6.42 Å². The summed E-state index contributed by atoms with van der Waals surface area (Å²) < 4.78 is 13.3. The quantitative estimate of drug-likeness (QED) is 0.760. The van der Waals surface area contributed by atoms with E-state index in [0.29, 0.717) is 5.69 Å². The second kappa shape index (κ2) is 3.77. The minimum Gasteiger partial charge on any atom is -0.397 e. The number of hydrogen-bond donors (Lipinski definition) is 1. The van der Waals surface area contributed by atoms with E-state index in [1.54, 1.807) is 6.07 Å². The summed E-state index contributed by atoms with van der Waals surface area (Å²) in [6.45, 7) is 0.854. The number of rotatable bonds is 1. The number of nitrogen functional groups attached to an aromatic ring is 1. The standard InChI is InChI=1S/C14H13FN2/c15-11-5-6-12(16)14(9-11)17-8-7-10-3-1-2-4-13(10)17/h1-6,9H,7-8,16H2. The van der Waals surface area contributed by atoms with Crippen LogP contribution in [0.1, 0.15) is 5.56 Å². The van der Waals surface area contributed by atoms with Crippen molar-refractivity contribution in [2.24, 2.45) is 0 Å². The lowest BCUT2D eigenvalue weighted by molar-refractivity contribution is 0.628. The Hall–Kier alpha value is -2.03. The molecular formula is C14H13FN2. The van der Waals surface area contributed by atoms with Gasteiger partial charge in [-0.05, 0) is 36.2 Å². The van der Waals surface area contributed by atoms with Crippen LogP contribution in [0.2, 0.25) is 0 Å². The molecule has 2 aromatic carbocycles. The molecule has 0 saturated carbocycles. The number of nitrogens with two attached hydrogens (primary N) is 1. The molecule has 0 bridgehead atoms. The van der Waals surface area contributed by atoms with Gasteiger partial charge < -0.3 is 10.6 Å². The largest absolute Gasteiger partial charge is 0.397 e. The van der Waals surface area contributed by atoms with Crippen LogP contribution in [0.4, 0.5) is 21.5 Å². The molecule has 0 aliphatic carbocycles. The molecule has 2 aromatic rings. The summed E-state index contributed by atoms with van der Waals surface area (Å²) in [5.74, 6) is -0.251. The smallest absolute Gasteiger partial charge is 0.125 e. The average molecular weight is 228 g/mol. The number of benzene rings is 2. The fraction of sp³-hybridized carbons (Fsp3) is 0.143. The first-order chi connectivity index (χ1) is 8.25. The molecule has 86 valence electrons. The molecule has 0 unspecified atom stereocenters. The number of anilines is 3. The Morgan fingerprint density at radius 3 is 2.76 bits per heavy atom. The van der Waals surface area contributed by atoms with E-state index in [0.717, 1.165) is 24.3 Å². The van der Waals surface area contributed by atoms with E-state index in [4.69, 9.17) is 5.73 Å². The topological polar surface area (TPSA) is 29.3 Å². The molecule has 3 heteroatoms. The molecule has 2 nitrogen and oxygen atoms in total. The van der Waals surface area contributed by atoms with Crippen LogP contribution in [0.5, 0.6) is 0 Å². The van der Waals surface area contributed by atoms with Gasteiger partial charge >= 0.3 is 0 Å². The first kappa shape index (κ1) is 10.1. The summed E-state index contributed by atoms with van der Waals surface area (Å²) >= 11 is 0. The SMILES string of the molecule is Nc1ccc(F)cc1N1CCc2ccccc21. The van der Waals surface area contributed by atoms with Crippen molar-refractivity contribution in [3.8, 4) is 0 Å². The molecule has 1 aliphatic heterocycles. The molecule has 0 aromatic heterocycles. The maximum atomic E-state index is 13.3. The Kier molecular flexibility index (Phi) is 2.25. The number of para-hydroxylation sites is 1. The minimum absolute atomic E-state index is 0.251. The molecule has 17 heavy (non-hydrogen) atoms. The predicted octanol–water partition coefficient (Wildman–Crippen LogP) is 3.10. The molecule has 0 atom stereocenters. The second-order valence-corrected chi connectivity index (χ2v) is 4.23. The fourth-order valence-corrected chi connectivity index (χ4v) is 2.34. The Bertz CT molecular complexity index is 566. The van der Waals surface area contributed by atoms with E-state index in [1.807, 2.05) is 18.2 Å². The maximum absolute atomic E-state index is 13.3. The van der Waals surface area contributed by atoms with Gasteiger partial charge in [-0.15, -0.1) is 0 Å². The second-order valence-electron chi connectivity index (χ2n) is 4.23. The monoisotopic (exact) mass is 228 g/mol. The van der Waals surface area contributed by atoms with Gasteiger partial charge in [-0.1, -0.05) is 18.2 Å². The summed E-state index contributed by atoms with van der Waals surface area (Å²) in [4.78, 5) is 2.08. The van der Waals surface area contributed by atoms with Crippen molar-refractivity contribution >= 4 is 17.1 Å². The van der Waals surface area contributed by atoms with Crippen LogP contribution in [-0.4, -0.2) is 6.54 Å². The summed E-state index contributed by atoms with van der Waals surface area (Å²) in [6.07, 6.45) is 0.978. The molecular weight excluding hydrogens is 215 g/mol. The molecule has 0 amide bonds. The zero-order valence-electron chi connectivity index (χ0n) is 9.36. The molecule has 0 saturated heterocycles. The first-order valence-corrected chi connectivity index (χ1v) is 5.66. The predicted molar refractivity (Wildman–Crippen MR) is 68.0 cm³/mol. The highest BCUT2D eigenvalue weighted by Gasteiger charge is 2.21. The normalized spacial score (nSPS) is 13.8. The molecule has 0 spiro atoms. The molecule has 3 rings (SSSR count). The average Bonchev–Trinajstić information content (AvgIpc) is 2.76. The summed E-state index contributed by atoms with van der Waals surface area (Å²) in [5, 5.41) is 0. The van der Waals surface area contributed by atoms with Crippen LogP contribution in [0, 0.1) is 5.82 Å². The Balaban J connectivity index is 2.10. The number of nitrogens with zero attached hydrogens (tertiary/aromatic N) is 1. The number of hydrogen-bond acceptors (Lipinski definition) is 2. The third-order valence-electron chi connectivity index (χ3n) is 3.17. The number of fused-ring (bicyclic) bond motifs is 1. The van der Waals surface area contributed by atoms with E-state index in [1.165, 1.54) is 17.7 Å². The van der Waals surface area contributed by atoms with Crippen molar-refractivity contribution in [1.29, 1.82) is 0 Å². The van der Waals surface area contributed by atoms with Gasteiger partial charge in [0.15, 0.2) is 0 Å². The van der Waals surface area contributed by atoms with E-state index in [-0.39, 0.29) is 5.82 Å². The Morgan fingerprint density at radius 2 is 1.88 bits per heavy atom. The van der Waals surface area contributed by atoms with Crippen molar-refractivity contribution in [3.05, 3.63) is 53.8 Å². The lowest BCUT2D eigenvalue weighted by atomic mass is 10.2. The van der Waals surface area contributed by atoms with Gasteiger partial charge in [0.1, 0.15) is 5.82 Å². The third kappa shape index (κ3) is 1.64. The van der Waals surface area contributed by atoms with Crippen molar-refractivity contribution < 1.29 is 4.39 Å². The Labute approximate surface area is 99.5 Å². The van der Waals surface area contributed by atoms with E-state index in [9.17, 15) is 4.39 Å². The minimum atomic E-state index is -0.251. The van der Waals surface area contributed by atoms with E-state index < -0.39 is 0 Å². The number of halogens is 1. The van der Waals surface area contributed by atoms with Gasteiger partial charge in [-0.2, -0.15) is 0 Å². The van der Waals surface area contributed by atoms with Gasteiger partial charge in [0, 0.05) is 12.2 Å². The highest BCUT2D eigenvalue weighted by molar-refractivity contribution is 5.78. The van der Waals surface area contributed by atoms with Crippen molar-refractivity contribution in [2.75, 3.05) is 17.2 Å². The maximum Gasteiger partial charge on any atom is 0.125 e. The summed E-state index contributed by atoms with van der Waals surface area (Å²) in [5.41, 5.74) is 9.71. The molecule has 1 heterocycles. The van der Waals surface area contributed by atoms with Gasteiger partial charge in [0.05, 0.1) is 11.4 Å². The first-order valence-electron chi connectivity index (χ1n) is 5.66. The summed E-state index contributed by atoms with van der Waals surface area (Å²) in [7, 11) is 0. The summed E-state index contributed by atoms with van der Waals surface area (Å²) in [6, 6.07) is 12.7. The van der Waals surface area contributed by atoms with Gasteiger partial charge in [-0.25, -0.2) is 4.39 Å². The van der Waals surface area contributed by atoms with Crippen molar-refractivity contribution in [3.63, 3.8) is 0 Å². The van der Waals surface area contributed by atoms with Crippen LogP contribution >= 0.6 is 0 Å². The lowest BCUT2D eigenvalue weighted by Gasteiger charge is -2.21. The van der Waals surface area contributed by atoms with E-state index >= 15 is 0 Å². The highest BCUT2D eigenvalue weighted by Crippen LogP contribution is 2.37. The van der Waals surface area contributed by atoms with E-state index in [2.05, 4.69) is 11.0 Å².